The van der Waals surface area contributed by atoms with Crippen LogP contribution in [0.3, 0.4) is 0 Å². The molecule has 0 radical (unpaired) electrons. The second kappa shape index (κ2) is 7.74. The lowest BCUT2D eigenvalue weighted by molar-refractivity contribution is -0.108. The summed E-state index contributed by atoms with van der Waals surface area (Å²) in [7, 11) is -3.58. The number of benzene rings is 1. The third-order valence-corrected chi connectivity index (χ3v) is 6.92. The second-order valence-electron chi connectivity index (χ2n) is 7.85. The van der Waals surface area contributed by atoms with E-state index < -0.39 is 10.0 Å². The van der Waals surface area contributed by atoms with Crippen LogP contribution in [0.15, 0.2) is 17.0 Å². The lowest BCUT2D eigenvalue weighted by Crippen LogP contribution is -2.47. The van der Waals surface area contributed by atoms with Crippen molar-refractivity contribution in [1.82, 2.24) is 9.37 Å². The Morgan fingerprint density at radius 3 is 1.64 bits per heavy atom. The molecule has 0 unspecified atom stereocenters. The normalized spacial score (nSPS) is 17.8. The van der Waals surface area contributed by atoms with Crippen molar-refractivity contribution in [2.75, 3.05) is 26.2 Å². The first-order valence-electron chi connectivity index (χ1n) is 9.17. The van der Waals surface area contributed by atoms with E-state index in [1.54, 1.807) is 0 Å². The van der Waals surface area contributed by atoms with Crippen molar-refractivity contribution in [3.8, 4) is 0 Å². The topological polar surface area (TPSA) is 60.9 Å². The van der Waals surface area contributed by atoms with Crippen LogP contribution in [0.1, 0.15) is 76.0 Å². The number of nitrogens with zero attached hydrogens (tertiary/aromatic N) is 2. The van der Waals surface area contributed by atoms with E-state index in [0.717, 1.165) is 11.1 Å². The van der Waals surface area contributed by atoms with Gasteiger partial charge in [-0.15, -0.1) is 0 Å². The average molecular weight is 369 g/mol. The van der Waals surface area contributed by atoms with Gasteiger partial charge < -0.3 is 5.21 Å². The molecule has 1 saturated heterocycles. The number of hydrogen-bond acceptors (Lipinski definition) is 4. The van der Waals surface area contributed by atoms with Gasteiger partial charge in [0.1, 0.15) is 0 Å². The van der Waals surface area contributed by atoms with Gasteiger partial charge in [-0.2, -0.15) is 9.37 Å². The summed E-state index contributed by atoms with van der Waals surface area (Å²) in [5.41, 5.74) is 2.99. The average Bonchev–Trinajstić information content (AvgIpc) is 2.53. The van der Waals surface area contributed by atoms with Crippen LogP contribution in [0.25, 0.3) is 0 Å². The molecule has 0 spiro atoms. The Labute approximate surface area is 152 Å². The molecule has 2 rings (SSSR count). The highest BCUT2D eigenvalue weighted by Crippen LogP contribution is 2.36. The Kier molecular flexibility index (Phi) is 6.30. The molecule has 142 valence electrons. The molecule has 1 fully saturated rings. The molecular weight excluding hydrogens is 336 g/mol. The number of sulfonamides is 1. The molecule has 0 amide bonds. The van der Waals surface area contributed by atoms with Crippen molar-refractivity contribution in [2.24, 2.45) is 0 Å². The van der Waals surface area contributed by atoms with E-state index in [0.29, 0.717) is 37.0 Å². The van der Waals surface area contributed by atoms with Crippen molar-refractivity contribution in [1.29, 1.82) is 0 Å². The molecular formula is C19H32N2O3S. The maximum atomic E-state index is 13.5. The minimum atomic E-state index is -3.58. The molecule has 25 heavy (non-hydrogen) atoms. The molecule has 0 atom stereocenters. The van der Waals surface area contributed by atoms with Gasteiger partial charge in [0.15, 0.2) is 0 Å². The summed E-state index contributed by atoms with van der Waals surface area (Å²) < 4.78 is 28.4. The Bertz CT molecular complexity index is 674. The molecule has 0 bridgehead atoms. The van der Waals surface area contributed by atoms with Crippen LogP contribution in [-0.4, -0.2) is 49.2 Å². The third kappa shape index (κ3) is 4.25. The van der Waals surface area contributed by atoms with Crippen LogP contribution in [0.5, 0.6) is 0 Å². The molecule has 1 aliphatic heterocycles. The maximum absolute atomic E-state index is 13.5. The quantitative estimate of drug-likeness (QED) is 0.860. The van der Waals surface area contributed by atoms with E-state index in [9.17, 15) is 13.6 Å². The summed E-state index contributed by atoms with van der Waals surface area (Å²) in [6.07, 6.45) is 0. The molecule has 0 aromatic heterocycles. The highest BCUT2D eigenvalue weighted by molar-refractivity contribution is 7.89. The number of rotatable bonds is 5. The maximum Gasteiger partial charge on any atom is 0.243 e. The first kappa shape index (κ1) is 20.4. The number of hydroxylamine groups is 2. The summed E-state index contributed by atoms with van der Waals surface area (Å²) in [6, 6.07) is 4.13. The number of hydrogen-bond donors (Lipinski definition) is 1. The van der Waals surface area contributed by atoms with Crippen LogP contribution in [0, 0.1) is 0 Å². The van der Waals surface area contributed by atoms with Gasteiger partial charge in [0.2, 0.25) is 10.0 Å². The van der Waals surface area contributed by atoms with E-state index in [1.807, 2.05) is 27.7 Å². The van der Waals surface area contributed by atoms with Gasteiger partial charge in [0.25, 0.3) is 0 Å². The standard InChI is InChI=1S/C19H32N2O3S/c1-13(2)16-11-17(14(3)4)19(18(12-16)15(5)6)25(23,24)21-9-7-20(22)8-10-21/h11-15,22H,7-10H2,1-6H3. The summed E-state index contributed by atoms with van der Waals surface area (Å²) in [5, 5.41) is 10.7. The van der Waals surface area contributed by atoms with E-state index in [-0.39, 0.29) is 11.8 Å². The third-order valence-electron chi connectivity index (χ3n) is 4.89. The largest absolute Gasteiger partial charge is 0.314 e. The molecule has 0 saturated carbocycles. The Balaban J connectivity index is 2.65. The first-order valence-corrected chi connectivity index (χ1v) is 10.6. The van der Waals surface area contributed by atoms with Crippen LogP contribution in [0.2, 0.25) is 0 Å². The summed E-state index contributed by atoms with van der Waals surface area (Å²) >= 11 is 0. The van der Waals surface area contributed by atoms with Crippen molar-refractivity contribution in [3.05, 3.63) is 28.8 Å². The summed E-state index contributed by atoms with van der Waals surface area (Å²) in [5.74, 6) is 0.602. The van der Waals surface area contributed by atoms with E-state index >= 15 is 0 Å². The fraction of sp³-hybridized carbons (Fsp3) is 0.684. The Morgan fingerprint density at radius 2 is 1.28 bits per heavy atom. The fourth-order valence-corrected chi connectivity index (χ4v) is 5.32. The molecule has 1 N–H and O–H groups in total. The SMILES string of the molecule is CC(C)c1cc(C(C)C)c(S(=O)(=O)N2CCN(O)CC2)c(C(C)C)c1. The molecule has 5 nitrogen and oxygen atoms in total. The van der Waals surface area contributed by atoms with E-state index in [1.165, 1.54) is 14.9 Å². The first-order chi connectivity index (χ1) is 11.6. The van der Waals surface area contributed by atoms with Gasteiger partial charge >= 0.3 is 0 Å². The zero-order valence-corrected chi connectivity index (χ0v) is 17.1. The molecule has 1 aromatic rings. The van der Waals surface area contributed by atoms with Gasteiger partial charge in [0.05, 0.1) is 4.90 Å². The van der Waals surface area contributed by atoms with Crippen LogP contribution < -0.4 is 0 Å². The lowest BCUT2D eigenvalue weighted by atomic mass is 9.89. The van der Waals surface area contributed by atoms with Gasteiger partial charge in [-0.25, -0.2) is 8.42 Å². The monoisotopic (exact) mass is 368 g/mol. The molecule has 1 heterocycles. The van der Waals surface area contributed by atoms with Crippen molar-refractivity contribution in [3.63, 3.8) is 0 Å². The predicted octanol–water partition coefficient (Wildman–Crippen LogP) is 3.75. The van der Waals surface area contributed by atoms with E-state index in [4.69, 9.17) is 0 Å². The van der Waals surface area contributed by atoms with Crippen LogP contribution in [-0.2, 0) is 10.0 Å². The minimum Gasteiger partial charge on any atom is -0.314 e. The van der Waals surface area contributed by atoms with Crippen LogP contribution in [0.4, 0.5) is 0 Å². The van der Waals surface area contributed by atoms with Gasteiger partial charge in [-0.05, 0) is 34.4 Å². The van der Waals surface area contributed by atoms with Crippen molar-refractivity contribution < 1.29 is 13.6 Å². The van der Waals surface area contributed by atoms with E-state index in [2.05, 4.69) is 26.0 Å². The van der Waals surface area contributed by atoms with Crippen molar-refractivity contribution >= 4 is 10.0 Å². The molecule has 1 aromatic carbocycles. The van der Waals surface area contributed by atoms with Gasteiger partial charge in [-0.1, -0.05) is 53.7 Å². The lowest BCUT2D eigenvalue weighted by Gasteiger charge is -2.32. The molecule has 0 aliphatic carbocycles. The minimum absolute atomic E-state index is 0.125. The number of piperazine rings is 1. The summed E-state index contributed by atoms with van der Waals surface area (Å²) in [4.78, 5) is 0.480. The Morgan fingerprint density at radius 1 is 0.840 bits per heavy atom. The zero-order valence-electron chi connectivity index (χ0n) is 16.3. The highest BCUT2D eigenvalue weighted by Gasteiger charge is 2.33. The van der Waals surface area contributed by atoms with Crippen molar-refractivity contribution in [2.45, 2.75) is 64.2 Å². The predicted molar refractivity (Wildman–Crippen MR) is 101 cm³/mol. The van der Waals surface area contributed by atoms with Gasteiger partial charge in [-0.3, -0.25) is 0 Å². The van der Waals surface area contributed by atoms with Crippen LogP contribution >= 0.6 is 0 Å². The zero-order chi connectivity index (χ0) is 18.9. The second-order valence-corrected chi connectivity index (χ2v) is 9.73. The Hall–Kier alpha value is -0.950. The highest BCUT2D eigenvalue weighted by atomic mass is 32.2. The summed E-state index contributed by atoms with van der Waals surface area (Å²) in [6.45, 7) is 13.8. The molecule has 6 heteroatoms. The van der Waals surface area contributed by atoms with Gasteiger partial charge in [0, 0.05) is 26.2 Å². The molecule has 1 aliphatic rings. The fourth-order valence-electron chi connectivity index (χ4n) is 3.23. The smallest absolute Gasteiger partial charge is 0.243 e.